The van der Waals surface area contributed by atoms with Crippen molar-refractivity contribution in [3.8, 4) is 0 Å². The molecule has 0 unspecified atom stereocenters. The van der Waals surface area contributed by atoms with Gasteiger partial charge in [0, 0.05) is 31.2 Å². The Morgan fingerprint density at radius 1 is 0.960 bits per heavy atom. The lowest BCUT2D eigenvalue weighted by molar-refractivity contribution is -0.0276. The maximum atomic E-state index is 12.0. The van der Waals surface area contributed by atoms with Crippen molar-refractivity contribution < 1.29 is 5.11 Å². The van der Waals surface area contributed by atoms with E-state index in [4.69, 9.17) is 0 Å². The third kappa shape index (κ3) is 3.11. The molecule has 0 radical (unpaired) electrons. The average molecular weight is 334 g/mol. The van der Waals surface area contributed by atoms with E-state index in [-0.39, 0.29) is 5.56 Å². The highest BCUT2D eigenvalue weighted by Crippen LogP contribution is 2.33. The van der Waals surface area contributed by atoms with Crippen molar-refractivity contribution in [3.63, 3.8) is 0 Å². The van der Waals surface area contributed by atoms with Gasteiger partial charge in [0.05, 0.1) is 5.60 Å². The van der Waals surface area contributed by atoms with Gasteiger partial charge in [-0.15, -0.1) is 0 Å². The van der Waals surface area contributed by atoms with Crippen LogP contribution in [0.4, 0.5) is 0 Å². The van der Waals surface area contributed by atoms with Gasteiger partial charge in [0.15, 0.2) is 0 Å². The summed E-state index contributed by atoms with van der Waals surface area (Å²) in [6, 6.07) is 17.7. The molecule has 4 nitrogen and oxygen atoms in total. The summed E-state index contributed by atoms with van der Waals surface area (Å²) in [6.45, 7) is 2.44. The molecule has 1 fully saturated rings. The molecular weight excluding hydrogens is 312 g/mol. The highest BCUT2D eigenvalue weighted by Gasteiger charge is 2.33. The molecule has 0 bridgehead atoms. The van der Waals surface area contributed by atoms with Gasteiger partial charge < -0.3 is 10.1 Å². The Labute approximate surface area is 146 Å². The minimum atomic E-state index is -0.731. The van der Waals surface area contributed by atoms with Gasteiger partial charge in [0.25, 0.3) is 5.56 Å². The summed E-state index contributed by atoms with van der Waals surface area (Å²) in [7, 11) is 0. The van der Waals surface area contributed by atoms with Crippen molar-refractivity contribution in [3.05, 3.63) is 82.3 Å². The Bertz CT molecular complexity index is 925. The van der Waals surface area contributed by atoms with Crippen molar-refractivity contribution in [1.82, 2.24) is 9.88 Å². The molecule has 3 aromatic rings. The molecule has 0 amide bonds. The summed E-state index contributed by atoms with van der Waals surface area (Å²) in [5, 5.41) is 12.7. The standard InChI is InChI=1S/C21H22N2O2/c24-20-19-9-5-4-8-18(19)16(14-22-20)15-23-12-10-21(25,11-13-23)17-6-2-1-3-7-17/h1-9,14,25H,10-13,15H2,(H,22,24). The second-order valence-electron chi connectivity index (χ2n) is 6.86. The quantitative estimate of drug-likeness (QED) is 0.774. The van der Waals surface area contributed by atoms with Crippen LogP contribution in [0.15, 0.2) is 65.6 Å². The first-order valence-corrected chi connectivity index (χ1v) is 8.75. The van der Waals surface area contributed by atoms with E-state index in [1.165, 1.54) is 0 Å². The van der Waals surface area contributed by atoms with E-state index in [9.17, 15) is 9.90 Å². The lowest BCUT2D eigenvalue weighted by atomic mass is 9.84. The third-order valence-electron chi connectivity index (χ3n) is 5.28. The van der Waals surface area contributed by atoms with Gasteiger partial charge in [-0.25, -0.2) is 0 Å². The smallest absolute Gasteiger partial charge is 0.255 e. The Kier molecular flexibility index (Phi) is 4.15. The number of hydrogen-bond donors (Lipinski definition) is 2. The van der Waals surface area contributed by atoms with E-state index in [0.717, 1.165) is 54.4 Å². The molecule has 1 aliphatic rings. The number of hydrogen-bond acceptors (Lipinski definition) is 3. The largest absolute Gasteiger partial charge is 0.385 e. The number of nitrogens with zero attached hydrogens (tertiary/aromatic N) is 1. The fourth-order valence-electron chi connectivity index (χ4n) is 3.76. The normalized spacial score (nSPS) is 17.6. The van der Waals surface area contributed by atoms with Crippen LogP contribution in [-0.2, 0) is 12.1 Å². The number of rotatable bonds is 3. The molecule has 0 aliphatic carbocycles. The first kappa shape index (κ1) is 16.1. The van der Waals surface area contributed by atoms with Gasteiger partial charge in [0.2, 0.25) is 0 Å². The molecule has 1 aromatic heterocycles. The van der Waals surface area contributed by atoms with Crippen molar-refractivity contribution in [2.75, 3.05) is 13.1 Å². The molecule has 25 heavy (non-hydrogen) atoms. The van der Waals surface area contributed by atoms with Crippen LogP contribution in [0.3, 0.4) is 0 Å². The molecule has 2 aromatic carbocycles. The van der Waals surface area contributed by atoms with Crippen LogP contribution in [0.5, 0.6) is 0 Å². The zero-order valence-corrected chi connectivity index (χ0v) is 14.1. The molecule has 2 heterocycles. The first-order valence-electron chi connectivity index (χ1n) is 8.75. The monoisotopic (exact) mass is 334 g/mol. The Morgan fingerprint density at radius 3 is 2.32 bits per heavy atom. The predicted octanol–water partition coefficient (Wildman–Crippen LogP) is 3.01. The number of aromatic nitrogens is 1. The Morgan fingerprint density at radius 2 is 1.60 bits per heavy atom. The maximum absolute atomic E-state index is 12.0. The van der Waals surface area contributed by atoms with Crippen LogP contribution < -0.4 is 5.56 Å². The van der Waals surface area contributed by atoms with E-state index in [1.54, 1.807) is 0 Å². The molecule has 128 valence electrons. The summed E-state index contributed by atoms with van der Waals surface area (Å²) in [4.78, 5) is 17.2. The lowest BCUT2D eigenvalue weighted by Crippen LogP contribution is -2.42. The molecular formula is C21H22N2O2. The lowest BCUT2D eigenvalue weighted by Gasteiger charge is -2.38. The zero-order valence-electron chi connectivity index (χ0n) is 14.1. The summed E-state index contributed by atoms with van der Waals surface area (Å²) in [5.41, 5.74) is 1.35. The molecule has 0 spiro atoms. The van der Waals surface area contributed by atoms with Crippen molar-refractivity contribution >= 4 is 10.8 Å². The van der Waals surface area contributed by atoms with Crippen molar-refractivity contribution in [2.45, 2.75) is 25.0 Å². The van der Waals surface area contributed by atoms with Crippen LogP contribution >= 0.6 is 0 Å². The molecule has 4 heteroatoms. The van der Waals surface area contributed by atoms with E-state index in [2.05, 4.69) is 9.88 Å². The molecule has 0 atom stereocenters. The number of fused-ring (bicyclic) bond motifs is 1. The van der Waals surface area contributed by atoms with Gasteiger partial charge in [-0.3, -0.25) is 9.69 Å². The van der Waals surface area contributed by atoms with Crippen LogP contribution in [0.2, 0.25) is 0 Å². The first-order chi connectivity index (χ1) is 12.2. The maximum Gasteiger partial charge on any atom is 0.255 e. The van der Waals surface area contributed by atoms with E-state index < -0.39 is 5.60 Å². The van der Waals surface area contributed by atoms with E-state index in [0.29, 0.717) is 0 Å². The fourth-order valence-corrected chi connectivity index (χ4v) is 3.76. The molecule has 2 N–H and O–H groups in total. The van der Waals surface area contributed by atoms with Gasteiger partial charge in [0.1, 0.15) is 0 Å². The number of piperidine rings is 1. The number of benzene rings is 2. The molecule has 4 rings (SSSR count). The minimum absolute atomic E-state index is 0.0450. The highest BCUT2D eigenvalue weighted by atomic mass is 16.3. The Hall–Kier alpha value is -2.43. The van der Waals surface area contributed by atoms with Gasteiger partial charge in [-0.2, -0.15) is 0 Å². The molecule has 1 aliphatic heterocycles. The van der Waals surface area contributed by atoms with Gasteiger partial charge in [-0.05, 0) is 35.4 Å². The molecule has 0 saturated carbocycles. The number of likely N-dealkylation sites (tertiary alicyclic amines) is 1. The van der Waals surface area contributed by atoms with E-state index >= 15 is 0 Å². The van der Waals surface area contributed by atoms with Gasteiger partial charge in [-0.1, -0.05) is 48.5 Å². The number of H-pyrrole nitrogens is 1. The highest BCUT2D eigenvalue weighted by molar-refractivity contribution is 5.84. The summed E-state index contributed by atoms with van der Waals surface area (Å²) >= 11 is 0. The van der Waals surface area contributed by atoms with Crippen molar-refractivity contribution in [2.24, 2.45) is 0 Å². The second kappa shape index (κ2) is 6.47. The molecule has 1 saturated heterocycles. The summed E-state index contributed by atoms with van der Waals surface area (Å²) in [6.07, 6.45) is 3.26. The van der Waals surface area contributed by atoms with Crippen LogP contribution in [0.25, 0.3) is 10.8 Å². The summed E-state index contributed by atoms with van der Waals surface area (Å²) < 4.78 is 0. The third-order valence-corrected chi connectivity index (χ3v) is 5.28. The topological polar surface area (TPSA) is 56.3 Å². The number of aliphatic hydroxyl groups is 1. The van der Waals surface area contributed by atoms with Crippen LogP contribution in [0.1, 0.15) is 24.0 Å². The number of nitrogens with one attached hydrogen (secondary N) is 1. The minimum Gasteiger partial charge on any atom is -0.385 e. The van der Waals surface area contributed by atoms with Gasteiger partial charge >= 0.3 is 0 Å². The number of aromatic amines is 1. The second-order valence-corrected chi connectivity index (χ2v) is 6.86. The predicted molar refractivity (Wildman–Crippen MR) is 99.4 cm³/mol. The summed E-state index contributed by atoms with van der Waals surface area (Å²) in [5.74, 6) is 0. The number of pyridine rings is 1. The average Bonchev–Trinajstić information content (AvgIpc) is 2.67. The van der Waals surface area contributed by atoms with Crippen molar-refractivity contribution in [1.29, 1.82) is 0 Å². The van der Waals surface area contributed by atoms with E-state index in [1.807, 2.05) is 60.8 Å². The fraction of sp³-hybridized carbons (Fsp3) is 0.286. The van der Waals surface area contributed by atoms with Crippen LogP contribution in [-0.4, -0.2) is 28.1 Å². The SMILES string of the molecule is O=c1[nH]cc(CN2CCC(O)(c3ccccc3)CC2)c2ccccc12. The Balaban J connectivity index is 1.51. The zero-order chi connectivity index (χ0) is 17.3. The van der Waals surface area contributed by atoms with Crippen LogP contribution in [0, 0.1) is 0 Å².